The van der Waals surface area contributed by atoms with Gasteiger partial charge in [-0.2, -0.15) is 0 Å². The van der Waals surface area contributed by atoms with Crippen LogP contribution in [0.2, 0.25) is 0 Å². The Labute approximate surface area is 138 Å². The Morgan fingerprint density at radius 2 is 1.36 bits per heavy atom. The molecule has 4 nitrogen and oxygen atoms in total. The highest BCUT2D eigenvalue weighted by atomic mass is 32.2. The number of aromatic nitrogens is 1. The lowest BCUT2D eigenvalue weighted by Crippen LogP contribution is -1.97. The van der Waals surface area contributed by atoms with Crippen LogP contribution in [-0.4, -0.2) is 20.4 Å². The van der Waals surface area contributed by atoms with Crippen molar-refractivity contribution in [1.82, 2.24) is 4.98 Å². The van der Waals surface area contributed by atoms with Gasteiger partial charge in [0, 0.05) is 12.4 Å². The van der Waals surface area contributed by atoms with E-state index in [1.165, 1.54) is 51.4 Å². The van der Waals surface area contributed by atoms with Crippen LogP contribution >= 0.6 is 0 Å². The van der Waals surface area contributed by atoms with Gasteiger partial charge in [-0.1, -0.05) is 70.8 Å². The molecule has 1 aromatic heterocycles. The fourth-order valence-electron chi connectivity index (χ4n) is 2.03. The molecule has 0 fully saturated rings. The maximum atomic E-state index is 10.0. The molecule has 1 atom stereocenters. The Kier molecular flexibility index (Phi) is 17.6. The average molecular weight is 328 g/mol. The maximum absolute atomic E-state index is 10.0. The molecule has 1 unspecified atom stereocenters. The molecule has 22 heavy (non-hydrogen) atoms. The summed E-state index contributed by atoms with van der Waals surface area (Å²) in [4.78, 5) is 3.78. The van der Waals surface area contributed by atoms with Crippen molar-refractivity contribution in [2.24, 2.45) is 0 Å². The molecule has 0 aliphatic rings. The number of unbranched alkanes of at least 4 members (excludes halogenated alkanes) is 9. The highest BCUT2D eigenvalue weighted by molar-refractivity contribution is 7.74. The van der Waals surface area contributed by atoms with Gasteiger partial charge in [-0.05, 0) is 18.6 Å². The van der Waals surface area contributed by atoms with Crippen LogP contribution < -0.4 is 0 Å². The summed E-state index contributed by atoms with van der Waals surface area (Å²) in [5.74, 6) is 0. The quantitative estimate of drug-likeness (QED) is 0.408. The summed E-state index contributed by atoms with van der Waals surface area (Å²) < 4.78 is 24.5. The van der Waals surface area contributed by atoms with Crippen molar-refractivity contribution in [2.45, 2.75) is 71.1 Å². The van der Waals surface area contributed by atoms with Crippen LogP contribution in [0.1, 0.15) is 71.1 Å². The van der Waals surface area contributed by atoms with Crippen molar-refractivity contribution in [2.75, 3.05) is 6.61 Å². The molecule has 0 amide bonds. The smallest absolute Gasteiger partial charge is 0.0842 e. The van der Waals surface area contributed by atoms with Gasteiger partial charge in [-0.15, -0.1) is 0 Å². The molecule has 0 spiro atoms. The zero-order chi connectivity index (χ0) is 16.3. The summed E-state index contributed by atoms with van der Waals surface area (Å²) in [6.45, 7) is 2.57. The topological polar surface area (TPSA) is 62.2 Å². The predicted molar refractivity (Wildman–Crippen MR) is 91.0 cm³/mol. The first-order valence-electron chi connectivity index (χ1n) is 8.35. The van der Waals surface area contributed by atoms with Gasteiger partial charge in [-0.3, -0.25) is 4.98 Å². The van der Waals surface area contributed by atoms with Gasteiger partial charge in [0.25, 0.3) is 0 Å². The lowest BCUT2D eigenvalue weighted by atomic mass is 10.1. The number of hydrogen-bond acceptors (Lipinski definition) is 4. The lowest BCUT2D eigenvalue weighted by molar-refractivity contribution is 0.290. The normalized spacial score (nSPS) is 11.5. The van der Waals surface area contributed by atoms with E-state index in [1.54, 1.807) is 12.4 Å². The van der Waals surface area contributed by atoms with E-state index in [9.17, 15) is 8.76 Å². The number of rotatable bonds is 12. The van der Waals surface area contributed by atoms with E-state index in [-0.39, 0.29) is 0 Å². The number of hydrogen-bond donors (Lipinski definition) is 0. The van der Waals surface area contributed by atoms with Crippen LogP contribution in [0.5, 0.6) is 0 Å². The van der Waals surface area contributed by atoms with Crippen molar-refractivity contribution in [3.8, 4) is 0 Å². The standard InChI is InChI=1S/C12H26O3S.C5H5N/c1-2-3-4-5-6-7-8-9-10-11-12-15-16(13)14;1-2-4-6-5-3-1/h2-12H2,1H3,(H,13,14);1-5H/p-1. The minimum absolute atomic E-state index is 0.340. The molecule has 0 saturated heterocycles. The van der Waals surface area contributed by atoms with Crippen molar-refractivity contribution in [3.63, 3.8) is 0 Å². The van der Waals surface area contributed by atoms with E-state index in [0.717, 1.165) is 12.8 Å². The molecule has 1 heterocycles. The highest BCUT2D eigenvalue weighted by Gasteiger charge is 1.92. The van der Waals surface area contributed by atoms with Gasteiger partial charge in [0.15, 0.2) is 0 Å². The van der Waals surface area contributed by atoms with Gasteiger partial charge < -0.3 is 8.74 Å². The summed E-state index contributed by atoms with van der Waals surface area (Å²) in [6, 6.07) is 5.72. The van der Waals surface area contributed by atoms with E-state index >= 15 is 0 Å². The van der Waals surface area contributed by atoms with Gasteiger partial charge in [0.1, 0.15) is 0 Å². The van der Waals surface area contributed by atoms with Gasteiger partial charge in [-0.25, -0.2) is 4.21 Å². The third-order valence-corrected chi connectivity index (χ3v) is 3.60. The van der Waals surface area contributed by atoms with Gasteiger partial charge >= 0.3 is 0 Å². The second kappa shape index (κ2) is 18.3. The van der Waals surface area contributed by atoms with E-state index in [1.807, 2.05) is 18.2 Å². The zero-order valence-electron chi connectivity index (χ0n) is 13.7. The average Bonchev–Trinajstić information content (AvgIpc) is 2.54. The molecule has 1 rings (SSSR count). The minimum atomic E-state index is -2.33. The third-order valence-electron chi connectivity index (χ3n) is 3.24. The van der Waals surface area contributed by atoms with Gasteiger partial charge in [0.05, 0.1) is 18.0 Å². The molecule has 0 radical (unpaired) electrons. The molecule has 0 aliphatic heterocycles. The fourth-order valence-corrected chi connectivity index (χ4v) is 2.28. The Morgan fingerprint density at radius 1 is 0.864 bits per heavy atom. The summed E-state index contributed by atoms with van der Waals surface area (Å²) in [7, 11) is 0. The summed E-state index contributed by atoms with van der Waals surface area (Å²) >= 11 is -2.33. The van der Waals surface area contributed by atoms with Crippen molar-refractivity contribution >= 4 is 11.4 Å². The van der Waals surface area contributed by atoms with Crippen molar-refractivity contribution in [1.29, 1.82) is 0 Å². The zero-order valence-corrected chi connectivity index (χ0v) is 14.6. The molecule has 0 saturated carbocycles. The molecule has 0 bridgehead atoms. The molecule has 128 valence electrons. The van der Waals surface area contributed by atoms with Crippen LogP contribution in [0.15, 0.2) is 30.6 Å². The first-order valence-corrected chi connectivity index (χ1v) is 9.35. The first-order chi connectivity index (χ1) is 10.8. The van der Waals surface area contributed by atoms with Crippen LogP contribution in [0, 0.1) is 0 Å². The summed E-state index contributed by atoms with van der Waals surface area (Å²) in [5, 5.41) is 0. The SMILES string of the molecule is CCCCCCCCCCCCOS(=O)[O-].c1ccncc1. The molecule has 0 aromatic carbocycles. The number of pyridine rings is 1. The van der Waals surface area contributed by atoms with Crippen LogP contribution in [0.25, 0.3) is 0 Å². The third kappa shape index (κ3) is 19.2. The second-order valence-corrected chi connectivity index (χ2v) is 5.88. The molecule has 0 aliphatic carbocycles. The van der Waals surface area contributed by atoms with E-state index in [4.69, 9.17) is 0 Å². The van der Waals surface area contributed by atoms with Crippen LogP contribution in [0.4, 0.5) is 0 Å². The largest absolute Gasteiger partial charge is 0.750 e. The van der Waals surface area contributed by atoms with E-state index in [2.05, 4.69) is 16.1 Å². The first kappa shape index (κ1) is 21.2. The molecular formula is C17H30NO3S-. The summed E-state index contributed by atoms with van der Waals surface area (Å²) in [5.41, 5.74) is 0. The number of nitrogens with zero attached hydrogens (tertiary/aromatic N) is 1. The van der Waals surface area contributed by atoms with Crippen LogP contribution in [0.3, 0.4) is 0 Å². The van der Waals surface area contributed by atoms with E-state index < -0.39 is 11.4 Å². The van der Waals surface area contributed by atoms with Crippen molar-refractivity contribution in [3.05, 3.63) is 30.6 Å². The summed E-state index contributed by atoms with van der Waals surface area (Å²) in [6.07, 6.45) is 16.0. The highest BCUT2D eigenvalue weighted by Crippen LogP contribution is 2.10. The predicted octanol–water partition coefficient (Wildman–Crippen LogP) is 4.80. The van der Waals surface area contributed by atoms with Gasteiger partial charge in [0.2, 0.25) is 0 Å². The Bertz CT molecular complexity index is 309. The van der Waals surface area contributed by atoms with E-state index in [0.29, 0.717) is 6.61 Å². The Morgan fingerprint density at radius 3 is 1.73 bits per heavy atom. The molecular weight excluding hydrogens is 298 g/mol. The minimum Gasteiger partial charge on any atom is -0.750 e. The molecule has 1 aromatic rings. The maximum Gasteiger partial charge on any atom is 0.0842 e. The Hall–Kier alpha value is -0.780. The molecule has 0 N–H and O–H groups in total. The second-order valence-electron chi connectivity index (χ2n) is 5.23. The Balaban J connectivity index is 0.000000604. The molecule has 5 heteroatoms. The lowest BCUT2D eigenvalue weighted by Gasteiger charge is -2.05. The monoisotopic (exact) mass is 328 g/mol. The fraction of sp³-hybridized carbons (Fsp3) is 0.706. The van der Waals surface area contributed by atoms with Crippen molar-refractivity contribution < 1.29 is 12.9 Å². The van der Waals surface area contributed by atoms with Crippen LogP contribution in [-0.2, 0) is 15.5 Å².